The Morgan fingerprint density at radius 1 is 1.10 bits per heavy atom. The summed E-state index contributed by atoms with van der Waals surface area (Å²) in [6.45, 7) is 0.774. The average molecular weight is 301 g/mol. The zero-order valence-corrected chi connectivity index (χ0v) is 12.3. The number of benzene rings is 2. The van der Waals surface area contributed by atoms with Crippen molar-refractivity contribution in [1.82, 2.24) is 9.55 Å². The van der Waals surface area contributed by atoms with E-state index in [1.165, 1.54) is 15.4 Å². The maximum atomic E-state index is 6.13. The van der Waals surface area contributed by atoms with Gasteiger partial charge in [0.2, 0.25) is 0 Å². The van der Waals surface area contributed by atoms with E-state index in [0.717, 1.165) is 11.6 Å². The number of halogens is 1. The number of imidazole rings is 1. The first-order chi connectivity index (χ1) is 9.81. The Kier molecular flexibility index (Phi) is 4.09. The zero-order valence-electron chi connectivity index (χ0n) is 10.7. The Hall–Kier alpha value is -1.71. The molecule has 0 N–H and O–H groups in total. The molecule has 0 bridgehead atoms. The van der Waals surface area contributed by atoms with Crippen LogP contribution in [0.25, 0.3) is 0 Å². The number of rotatable bonds is 4. The molecule has 1 heterocycles. The van der Waals surface area contributed by atoms with E-state index < -0.39 is 0 Å². The molecule has 4 heteroatoms. The highest BCUT2D eigenvalue weighted by molar-refractivity contribution is 7.99. The minimum atomic E-state index is 0.762. The highest BCUT2D eigenvalue weighted by Crippen LogP contribution is 2.32. The summed E-state index contributed by atoms with van der Waals surface area (Å²) >= 11 is 7.88. The van der Waals surface area contributed by atoms with E-state index in [2.05, 4.69) is 23.2 Å². The lowest BCUT2D eigenvalue weighted by molar-refractivity contribution is 0.784. The summed E-state index contributed by atoms with van der Waals surface area (Å²) < 4.78 is 2.04. The second kappa shape index (κ2) is 6.16. The molecule has 0 saturated heterocycles. The molecule has 0 radical (unpaired) electrons. The smallest absolute Gasteiger partial charge is 0.0949 e. The Morgan fingerprint density at radius 2 is 1.95 bits per heavy atom. The summed E-state index contributed by atoms with van der Waals surface area (Å²) in [5, 5.41) is 0.762. The quantitative estimate of drug-likeness (QED) is 0.693. The van der Waals surface area contributed by atoms with Crippen molar-refractivity contribution in [3.8, 4) is 0 Å². The maximum Gasteiger partial charge on any atom is 0.0949 e. The van der Waals surface area contributed by atoms with Crippen LogP contribution in [0.3, 0.4) is 0 Å². The fourth-order valence-electron chi connectivity index (χ4n) is 1.96. The van der Waals surface area contributed by atoms with Crippen LogP contribution in [0.2, 0.25) is 5.02 Å². The molecular formula is C16H13ClN2S. The number of hydrogen-bond acceptors (Lipinski definition) is 2. The van der Waals surface area contributed by atoms with Gasteiger partial charge in [0.25, 0.3) is 0 Å². The van der Waals surface area contributed by atoms with E-state index in [-0.39, 0.29) is 0 Å². The largest absolute Gasteiger partial charge is 0.333 e. The Labute approximate surface area is 127 Å². The molecule has 0 spiro atoms. The van der Waals surface area contributed by atoms with Crippen LogP contribution in [-0.4, -0.2) is 9.55 Å². The van der Waals surface area contributed by atoms with Crippen LogP contribution in [0, 0.1) is 0 Å². The summed E-state index contributed by atoms with van der Waals surface area (Å²) in [6, 6.07) is 16.4. The Balaban J connectivity index is 1.90. The van der Waals surface area contributed by atoms with Gasteiger partial charge in [0.1, 0.15) is 0 Å². The van der Waals surface area contributed by atoms with E-state index in [1.807, 2.05) is 47.4 Å². The molecule has 0 atom stereocenters. The van der Waals surface area contributed by atoms with Gasteiger partial charge in [-0.15, -0.1) is 0 Å². The molecule has 0 fully saturated rings. The molecular weight excluding hydrogens is 288 g/mol. The summed E-state index contributed by atoms with van der Waals surface area (Å²) in [5.41, 5.74) is 1.20. The molecule has 20 heavy (non-hydrogen) atoms. The fraction of sp³-hybridized carbons (Fsp3) is 0.0625. The van der Waals surface area contributed by atoms with Gasteiger partial charge in [-0.3, -0.25) is 0 Å². The fourth-order valence-corrected chi connectivity index (χ4v) is 3.10. The third-order valence-electron chi connectivity index (χ3n) is 2.91. The Morgan fingerprint density at radius 3 is 2.70 bits per heavy atom. The number of hydrogen-bond donors (Lipinski definition) is 0. The van der Waals surface area contributed by atoms with Gasteiger partial charge in [0.15, 0.2) is 0 Å². The Bertz CT molecular complexity index is 681. The molecule has 2 nitrogen and oxygen atoms in total. The van der Waals surface area contributed by atoms with Crippen molar-refractivity contribution in [2.45, 2.75) is 16.3 Å². The van der Waals surface area contributed by atoms with E-state index >= 15 is 0 Å². The highest BCUT2D eigenvalue weighted by Gasteiger charge is 2.06. The van der Waals surface area contributed by atoms with E-state index in [9.17, 15) is 0 Å². The third kappa shape index (κ3) is 3.24. The lowest BCUT2D eigenvalue weighted by atomic mass is 10.2. The standard InChI is InChI=1S/C16H13ClN2S/c17-14-6-7-16(20-15-4-2-1-3-5-15)13(10-14)11-19-9-8-18-12-19/h1-10,12H,11H2. The van der Waals surface area contributed by atoms with Gasteiger partial charge in [-0.25, -0.2) is 4.98 Å². The van der Waals surface area contributed by atoms with Crippen molar-refractivity contribution < 1.29 is 0 Å². The van der Waals surface area contributed by atoms with Crippen molar-refractivity contribution in [3.05, 3.63) is 77.8 Å². The van der Waals surface area contributed by atoms with Crippen LogP contribution in [0.4, 0.5) is 0 Å². The molecule has 100 valence electrons. The molecule has 3 aromatic rings. The van der Waals surface area contributed by atoms with Crippen molar-refractivity contribution >= 4 is 23.4 Å². The van der Waals surface area contributed by atoms with Crippen LogP contribution in [0.5, 0.6) is 0 Å². The molecule has 2 aromatic carbocycles. The van der Waals surface area contributed by atoms with Crippen LogP contribution in [0.1, 0.15) is 5.56 Å². The van der Waals surface area contributed by atoms with E-state index in [0.29, 0.717) is 0 Å². The summed E-state index contributed by atoms with van der Waals surface area (Å²) in [4.78, 5) is 6.52. The molecule has 0 saturated carbocycles. The van der Waals surface area contributed by atoms with Crippen molar-refractivity contribution in [2.24, 2.45) is 0 Å². The van der Waals surface area contributed by atoms with Crippen LogP contribution >= 0.6 is 23.4 Å². The number of aromatic nitrogens is 2. The summed E-state index contributed by atoms with van der Waals surface area (Å²) in [5.74, 6) is 0. The van der Waals surface area contributed by atoms with Crippen molar-refractivity contribution in [2.75, 3.05) is 0 Å². The van der Waals surface area contributed by atoms with Crippen molar-refractivity contribution in [1.29, 1.82) is 0 Å². The minimum Gasteiger partial charge on any atom is -0.333 e. The normalized spacial score (nSPS) is 10.7. The van der Waals surface area contributed by atoms with Gasteiger partial charge >= 0.3 is 0 Å². The van der Waals surface area contributed by atoms with Crippen LogP contribution < -0.4 is 0 Å². The summed E-state index contributed by atoms with van der Waals surface area (Å²) in [7, 11) is 0. The predicted molar refractivity (Wildman–Crippen MR) is 83.3 cm³/mol. The van der Waals surface area contributed by atoms with Gasteiger partial charge in [-0.05, 0) is 35.9 Å². The molecule has 1 aromatic heterocycles. The van der Waals surface area contributed by atoms with E-state index in [1.54, 1.807) is 18.0 Å². The first-order valence-electron chi connectivity index (χ1n) is 6.28. The molecule has 0 unspecified atom stereocenters. The first-order valence-corrected chi connectivity index (χ1v) is 7.48. The topological polar surface area (TPSA) is 17.8 Å². The van der Waals surface area contributed by atoms with Gasteiger partial charge in [-0.1, -0.05) is 41.6 Å². The minimum absolute atomic E-state index is 0.762. The first kappa shape index (κ1) is 13.3. The molecule has 0 aliphatic rings. The van der Waals surface area contributed by atoms with Gasteiger partial charge in [0.05, 0.1) is 6.33 Å². The molecule has 0 aliphatic heterocycles. The van der Waals surface area contributed by atoms with E-state index in [4.69, 9.17) is 11.6 Å². The second-order valence-corrected chi connectivity index (χ2v) is 5.95. The molecule has 0 aliphatic carbocycles. The van der Waals surface area contributed by atoms with Gasteiger partial charge in [0, 0.05) is 33.8 Å². The third-order valence-corrected chi connectivity index (χ3v) is 4.27. The molecule has 0 amide bonds. The highest BCUT2D eigenvalue weighted by atomic mass is 35.5. The summed E-state index contributed by atoms with van der Waals surface area (Å²) in [6.07, 6.45) is 5.56. The lowest BCUT2D eigenvalue weighted by Crippen LogP contribution is -1.98. The average Bonchev–Trinajstić information content (AvgIpc) is 2.96. The SMILES string of the molecule is Clc1ccc(Sc2ccccc2)c(Cn2ccnc2)c1. The van der Waals surface area contributed by atoms with Gasteiger partial charge in [-0.2, -0.15) is 0 Å². The second-order valence-electron chi connectivity index (χ2n) is 4.40. The van der Waals surface area contributed by atoms with Crippen LogP contribution in [-0.2, 0) is 6.54 Å². The zero-order chi connectivity index (χ0) is 13.8. The predicted octanol–water partition coefficient (Wildman–Crippen LogP) is 4.74. The lowest BCUT2D eigenvalue weighted by Gasteiger charge is -2.10. The number of nitrogens with zero attached hydrogens (tertiary/aromatic N) is 2. The maximum absolute atomic E-state index is 6.13. The monoisotopic (exact) mass is 300 g/mol. The van der Waals surface area contributed by atoms with Crippen LogP contribution in [0.15, 0.2) is 77.0 Å². The molecule has 3 rings (SSSR count). The van der Waals surface area contributed by atoms with Gasteiger partial charge < -0.3 is 4.57 Å². The van der Waals surface area contributed by atoms with Crippen molar-refractivity contribution in [3.63, 3.8) is 0 Å².